The molecule has 4 nitrogen and oxygen atoms in total. The molecule has 176 valence electrons. The van der Waals surface area contributed by atoms with E-state index in [4.69, 9.17) is 6.57 Å². The highest BCUT2D eigenvalue weighted by Gasteiger charge is 2.11. The van der Waals surface area contributed by atoms with Crippen molar-refractivity contribution in [3.05, 3.63) is 139 Å². The summed E-state index contributed by atoms with van der Waals surface area (Å²) in [7, 11) is 0. The summed E-state index contributed by atoms with van der Waals surface area (Å²) in [5.74, 6) is 0. The van der Waals surface area contributed by atoms with Gasteiger partial charge in [0.1, 0.15) is 6.07 Å². The molecule has 0 unspecified atom stereocenters. The summed E-state index contributed by atoms with van der Waals surface area (Å²) in [6.45, 7) is 7.24. The van der Waals surface area contributed by atoms with E-state index in [1.807, 2.05) is 12.1 Å². The minimum absolute atomic E-state index is 0.536. The molecule has 0 bridgehead atoms. The molecule has 2 heterocycles. The first-order chi connectivity index (χ1) is 18.7. The second kappa shape index (κ2) is 9.82. The molecule has 0 N–H and O–H groups in total. The van der Waals surface area contributed by atoms with Crippen LogP contribution in [0.25, 0.3) is 60.1 Å². The van der Waals surface area contributed by atoms with Gasteiger partial charge in [0.2, 0.25) is 5.69 Å². The van der Waals surface area contributed by atoms with Crippen LogP contribution >= 0.6 is 0 Å². The van der Waals surface area contributed by atoms with Crippen LogP contribution in [0.1, 0.15) is 5.56 Å². The van der Waals surface area contributed by atoms with Gasteiger partial charge in [0.05, 0.1) is 12.1 Å². The molecule has 0 fully saturated rings. The number of hydrogen-bond donors (Lipinski definition) is 0. The Morgan fingerprint density at radius 1 is 0.553 bits per heavy atom. The van der Waals surface area contributed by atoms with Crippen LogP contribution in [0.5, 0.6) is 0 Å². The molecule has 4 heteroatoms. The van der Waals surface area contributed by atoms with Gasteiger partial charge >= 0.3 is 0 Å². The standard InChI is InChI=1S/C34H20N4/c1-36-30-17-29(21-38-22-30)25-8-12-27(13-9-25)32-15-14-31(33-4-2-3-5-34(32)33)26-10-6-24(7-11-26)28-16-23(18-35)19-37-20-28/h2-17,19-22H. The van der Waals surface area contributed by atoms with Gasteiger partial charge in [-0.1, -0.05) is 84.9 Å². The van der Waals surface area contributed by atoms with Crippen LogP contribution in [-0.2, 0) is 0 Å². The number of nitriles is 1. The minimum Gasteiger partial charge on any atom is -0.276 e. The van der Waals surface area contributed by atoms with E-state index in [1.54, 1.807) is 24.8 Å². The van der Waals surface area contributed by atoms with E-state index >= 15 is 0 Å². The lowest BCUT2D eigenvalue weighted by molar-refractivity contribution is 1.30. The van der Waals surface area contributed by atoms with Gasteiger partial charge in [-0.05, 0) is 61.8 Å². The number of benzene rings is 4. The van der Waals surface area contributed by atoms with Crippen LogP contribution in [0.2, 0.25) is 0 Å². The third-order valence-electron chi connectivity index (χ3n) is 6.70. The molecular weight excluding hydrogens is 464 g/mol. The largest absolute Gasteiger partial charge is 0.276 e. The van der Waals surface area contributed by atoms with Gasteiger partial charge < -0.3 is 0 Å². The predicted octanol–water partition coefficient (Wildman–Crippen LogP) is 8.72. The maximum absolute atomic E-state index is 9.19. The smallest absolute Gasteiger partial charge is 0.205 e. The van der Waals surface area contributed by atoms with Gasteiger partial charge in [-0.15, -0.1) is 0 Å². The number of pyridine rings is 2. The van der Waals surface area contributed by atoms with E-state index in [0.29, 0.717) is 11.3 Å². The first-order valence-corrected chi connectivity index (χ1v) is 12.1. The van der Waals surface area contributed by atoms with Crippen molar-refractivity contribution >= 4 is 16.5 Å². The van der Waals surface area contributed by atoms with E-state index in [2.05, 4.69) is 106 Å². The first kappa shape index (κ1) is 22.9. The molecule has 4 aromatic carbocycles. The van der Waals surface area contributed by atoms with Crippen LogP contribution in [0.15, 0.2) is 122 Å². The number of fused-ring (bicyclic) bond motifs is 1. The molecule has 0 saturated heterocycles. The summed E-state index contributed by atoms with van der Waals surface area (Å²) < 4.78 is 0. The number of nitrogens with zero attached hydrogens (tertiary/aromatic N) is 4. The summed E-state index contributed by atoms with van der Waals surface area (Å²) >= 11 is 0. The average molecular weight is 485 g/mol. The lowest BCUT2D eigenvalue weighted by Crippen LogP contribution is -1.87. The Balaban J connectivity index is 1.36. The summed E-state index contributed by atoms with van der Waals surface area (Å²) in [4.78, 5) is 11.9. The predicted molar refractivity (Wildman–Crippen MR) is 152 cm³/mol. The second-order valence-corrected chi connectivity index (χ2v) is 8.98. The van der Waals surface area contributed by atoms with Crippen molar-refractivity contribution in [3.63, 3.8) is 0 Å². The van der Waals surface area contributed by atoms with Crippen molar-refractivity contribution in [1.82, 2.24) is 9.97 Å². The molecular formula is C34H20N4. The van der Waals surface area contributed by atoms with Crippen LogP contribution in [0, 0.1) is 17.9 Å². The van der Waals surface area contributed by atoms with Crippen LogP contribution in [0.4, 0.5) is 5.69 Å². The van der Waals surface area contributed by atoms with Gasteiger partial charge in [-0.3, -0.25) is 9.97 Å². The highest BCUT2D eigenvalue weighted by Crippen LogP contribution is 2.37. The van der Waals surface area contributed by atoms with Gasteiger partial charge in [-0.2, -0.15) is 5.26 Å². The van der Waals surface area contributed by atoms with Crippen LogP contribution in [-0.4, -0.2) is 9.97 Å². The molecule has 0 atom stereocenters. The highest BCUT2D eigenvalue weighted by atomic mass is 14.7. The number of hydrogen-bond acceptors (Lipinski definition) is 3. The molecule has 38 heavy (non-hydrogen) atoms. The molecule has 0 aliphatic rings. The molecule has 6 rings (SSSR count). The fourth-order valence-electron chi connectivity index (χ4n) is 4.79. The Kier molecular flexibility index (Phi) is 5.91. The zero-order chi connectivity index (χ0) is 25.9. The third kappa shape index (κ3) is 4.28. The molecule has 0 saturated carbocycles. The summed E-state index contributed by atoms with van der Waals surface area (Å²) in [5, 5.41) is 11.6. The van der Waals surface area contributed by atoms with E-state index in [-0.39, 0.29) is 0 Å². The summed E-state index contributed by atoms with van der Waals surface area (Å²) in [5.41, 5.74) is 9.59. The maximum Gasteiger partial charge on any atom is 0.205 e. The second-order valence-electron chi connectivity index (χ2n) is 8.98. The summed E-state index contributed by atoms with van der Waals surface area (Å²) in [6.07, 6.45) is 6.72. The molecule has 0 aliphatic heterocycles. The fraction of sp³-hybridized carbons (Fsp3) is 0. The number of aromatic nitrogens is 2. The Hall–Kier alpha value is -5.58. The van der Waals surface area contributed by atoms with Crippen molar-refractivity contribution < 1.29 is 0 Å². The minimum atomic E-state index is 0.536. The van der Waals surface area contributed by atoms with E-state index in [1.165, 1.54) is 21.9 Å². The van der Waals surface area contributed by atoms with Crippen LogP contribution in [0.3, 0.4) is 0 Å². The van der Waals surface area contributed by atoms with Crippen molar-refractivity contribution in [2.24, 2.45) is 0 Å². The zero-order valence-corrected chi connectivity index (χ0v) is 20.3. The Bertz CT molecular complexity index is 1730. The molecule has 0 aliphatic carbocycles. The summed E-state index contributed by atoms with van der Waals surface area (Å²) in [6, 6.07) is 35.5. The highest BCUT2D eigenvalue weighted by molar-refractivity contribution is 6.05. The van der Waals surface area contributed by atoms with Crippen molar-refractivity contribution in [3.8, 4) is 50.6 Å². The van der Waals surface area contributed by atoms with Gasteiger partial charge in [0.25, 0.3) is 0 Å². The maximum atomic E-state index is 9.19. The molecule has 0 spiro atoms. The zero-order valence-electron chi connectivity index (χ0n) is 20.3. The lowest BCUT2D eigenvalue weighted by atomic mass is 9.91. The normalized spacial score (nSPS) is 10.6. The van der Waals surface area contributed by atoms with Crippen LogP contribution < -0.4 is 0 Å². The van der Waals surface area contributed by atoms with E-state index in [0.717, 1.165) is 33.4 Å². The van der Waals surface area contributed by atoms with Gasteiger partial charge in [0.15, 0.2) is 0 Å². The molecule has 0 radical (unpaired) electrons. The topological polar surface area (TPSA) is 53.9 Å². The van der Waals surface area contributed by atoms with Crippen molar-refractivity contribution in [2.75, 3.05) is 0 Å². The monoisotopic (exact) mass is 484 g/mol. The van der Waals surface area contributed by atoms with E-state index in [9.17, 15) is 5.26 Å². The Morgan fingerprint density at radius 3 is 1.58 bits per heavy atom. The molecule has 2 aromatic heterocycles. The lowest BCUT2D eigenvalue weighted by Gasteiger charge is -2.13. The SMILES string of the molecule is [C-]#[N+]c1cncc(-c2ccc(-c3ccc(-c4ccc(-c5cncc(C#N)c5)cc4)c4ccccc34)cc2)c1. The van der Waals surface area contributed by atoms with Crippen molar-refractivity contribution in [2.45, 2.75) is 0 Å². The van der Waals surface area contributed by atoms with Crippen molar-refractivity contribution in [1.29, 1.82) is 5.26 Å². The molecule has 6 aromatic rings. The quantitative estimate of drug-likeness (QED) is 0.235. The Morgan fingerprint density at radius 2 is 1.05 bits per heavy atom. The van der Waals surface area contributed by atoms with E-state index < -0.39 is 0 Å². The fourth-order valence-corrected chi connectivity index (χ4v) is 4.79. The van der Waals surface area contributed by atoms with Gasteiger partial charge in [-0.25, -0.2) is 4.85 Å². The first-order valence-electron chi connectivity index (χ1n) is 12.1. The average Bonchev–Trinajstić information content (AvgIpc) is 3.01. The van der Waals surface area contributed by atoms with Gasteiger partial charge in [0, 0.05) is 30.4 Å². The Labute approximate surface area is 221 Å². The number of rotatable bonds is 4. The molecule has 0 amide bonds. The third-order valence-corrected chi connectivity index (χ3v) is 6.70.